The smallest absolute Gasteiger partial charge is 0.297 e. The number of rotatable bonds is 7. The van der Waals surface area contributed by atoms with E-state index in [-0.39, 0.29) is 22.8 Å². The lowest BCUT2D eigenvalue weighted by molar-refractivity contribution is -0.113. The lowest BCUT2D eigenvalue weighted by Crippen LogP contribution is -2.24. The number of aromatic nitrogens is 2. The van der Waals surface area contributed by atoms with Crippen molar-refractivity contribution in [1.29, 1.82) is 0 Å². The van der Waals surface area contributed by atoms with E-state index in [4.69, 9.17) is 9.40 Å². The molecule has 0 saturated carbocycles. The molecule has 0 atom stereocenters. The summed E-state index contributed by atoms with van der Waals surface area (Å²) in [5.41, 5.74) is 1.95. The van der Waals surface area contributed by atoms with E-state index < -0.39 is 0 Å². The van der Waals surface area contributed by atoms with Gasteiger partial charge in [0.2, 0.25) is 11.5 Å². The second-order valence-electron chi connectivity index (χ2n) is 6.82. The molecule has 8 heteroatoms. The molecular formula is C22H20BrN3O3S. The Balaban J connectivity index is 1.64. The summed E-state index contributed by atoms with van der Waals surface area (Å²) in [4.78, 5) is 30.2. The zero-order valence-corrected chi connectivity index (χ0v) is 18.8. The van der Waals surface area contributed by atoms with Gasteiger partial charge in [0, 0.05) is 22.1 Å². The van der Waals surface area contributed by atoms with Gasteiger partial charge < -0.3 is 9.73 Å². The van der Waals surface area contributed by atoms with Gasteiger partial charge in [-0.15, -0.1) is 0 Å². The van der Waals surface area contributed by atoms with Crippen LogP contribution in [0.2, 0.25) is 0 Å². The van der Waals surface area contributed by atoms with Crippen molar-refractivity contribution in [3.63, 3.8) is 0 Å². The maximum Gasteiger partial charge on any atom is 0.297 e. The van der Waals surface area contributed by atoms with Crippen LogP contribution in [0.25, 0.3) is 22.1 Å². The molecule has 4 rings (SSSR count). The van der Waals surface area contributed by atoms with Crippen molar-refractivity contribution in [3.05, 3.63) is 63.4 Å². The molecular weight excluding hydrogens is 466 g/mol. The molecule has 0 aliphatic rings. The van der Waals surface area contributed by atoms with Crippen LogP contribution in [0.5, 0.6) is 0 Å². The summed E-state index contributed by atoms with van der Waals surface area (Å²) in [6, 6.07) is 14.8. The summed E-state index contributed by atoms with van der Waals surface area (Å²) in [6.07, 6.45) is 1.78. The number of hydrogen-bond donors (Lipinski definition) is 1. The van der Waals surface area contributed by atoms with E-state index in [9.17, 15) is 9.59 Å². The van der Waals surface area contributed by atoms with Crippen LogP contribution >= 0.6 is 27.7 Å². The average Bonchev–Trinajstić information content (AvgIpc) is 3.12. The summed E-state index contributed by atoms with van der Waals surface area (Å²) in [5.74, 6) is -0.00797. The SMILES string of the molecule is CCCCn1c(SCC(=O)Nc2ccc(Br)cc2)nc2c(oc3ccccc32)c1=O. The molecule has 2 heterocycles. The van der Waals surface area contributed by atoms with Gasteiger partial charge >= 0.3 is 0 Å². The molecule has 2 aromatic heterocycles. The summed E-state index contributed by atoms with van der Waals surface area (Å²) in [5, 5.41) is 4.19. The van der Waals surface area contributed by atoms with Crippen LogP contribution in [0.3, 0.4) is 0 Å². The zero-order chi connectivity index (χ0) is 21.1. The predicted molar refractivity (Wildman–Crippen MR) is 124 cm³/mol. The number of anilines is 1. The minimum absolute atomic E-state index is 0.149. The second kappa shape index (κ2) is 9.06. The summed E-state index contributed by atoms with van der Waals surface area (Å²) >= 11 is 4.63. The Labute approximate surface area is 185 Å². The monoisotopic (exact) mass is 485 g/mol. The van der Waals surface area contributed by atoms with E-state index in [1.54, 1.807) is 4.57 Å². The van der Waals surface area contributed by atoms with E-state index in [1.807, 2.05) is 48.5 Å². The number of para-hydroxylation sites is 1. The molecule has 154 valence electrons. The minimum Gasteiger partial charge on any atom is -0.448 e. The molecule has 0 fully saturated rings. The molecule has 0 saturated heterocycles. The van der Waals surface area contributed by atoms with Crippen molar-refractivity contribution in [3.8, 4) is 0 Å². The van der Waals surface area contributed by atoms with Gasteiger partial charge in [0.15, 0.2) is 5.16 Å². The van der Waals surface area contributed by atoms with Crippen molar-refractivity contribution in [1.82, 2.24) is 9.55 Å². The first-order valence-electron chi connectivity index (χ1n) is 9.67. The van der Waals surface area contributed by atoms with Gasteiger partial charge in [-0.05, 0) is 42.8 Å². The molecule has 6 nitrogen and oxygen atoms in total. The largest absolute Gasteiger partial charge is 0.448 e. The van der Waals surface area contributed by atoms with Gasteiger partial charge in [-0.1, -0.05) is 53.2 Å². The first kappa shape index (κ1) is 20.7. The Morgan fingerprint density at radius 2 is 1.97 bits per heavy atom. The molecule has 1 N–H and O–H groups in total. The zero-order valence-electron chi connectivity index (χ0n) is 16.4. The molecule has 0 aliphatic heterocycles. The third kappa shape index (κ3) is 4.29. The molecule has 0 bridgehead atoms. The maximum absolute atomic E-state index is 13.1. The first-order valence-corrected chi connectivity index (χ1v) is 11.4. The number of unbranched alkanes of at least 4 members (excludes halogenated alkanes) is 1. The van der Waals surface area contributed by atoms with Gasteiger partial charge in [0.1, 0.15) is 11.1 Å². The number of fused-ring (bicyclic) bond motifs is 3. The number of halogens is 1. The highest BCUT2D eigenvalue weighted by Crippen LogP contribution is 2.27. The predicted octanol–water partition coefficient (Wildman–Crippen LogP) is 5.44. The van der Waals surface area contributed by atoms with E-state index in [2.05, 4.69) is 28.2 Å². The number of nitrogens with one attached hydrogen (secondary N) is 1. The van der Waals surface area contributed by atoms with Crippen LogP contribution in [-0.4, -0.2) is 21.2 Å². The number of carbonyl (C=O) groups is 1. The fourth-order valence-electron chi connectivity index (χ4n) is 3.14. The highest BCUT2D eigenvalue weighted by Gasteiger charge is 2.18. The number of thioether (sulfide) groups is 1. The number of furan rings is 1. The highest BCUT2D eigenvalue weighted by atomic mass is 79.9. The van der Waals surface area contributed by atoms with Crippen molar-refractivity contribution in [2.75, 3.05) is 11.1 Å². The lowest BCUT2D eigenvalue weighted by atomic mass is 10.2. The topological polar surface area (TPSA) is 77.1 Å². The van der Waals surface area contributed by atoms with E-state index in [0.717, 1.165) is 28.4 Å². The maximum atomic E-state index is 13.1. The van der Waals surface area contributed by atoms with Crippen LogP contribution in [0.4, 0.5) is 5.69 Å². The first-order chi connectivity index (χ1) is 14.6. The molecule has 0 spiro atoms. The fourth-order valence-corrected chi connectivity index (χ4v) is 4.22. The van der Waals surface area contributed by atoms with E-state index in [0.29, 0.717) is 22.8 Å². The van der Waals surface area contributed by atoms with Crippen LogP contribution in [0.15, 0.2) is 67.4 Å². The third-order valence-electron chi connectivity index (χ3n) is 4.64. The Hall–Kier alpha value is -2.58. The normalized spacial score (nSPS) is 11.3. The lowest BCUT2D eigenvalue weighted by Gasteiger charge is -2.11. The van der Waals surface area contributed by atoms with E-state index in [1.165, 1.54) is 11.8 Å². The molecule has 0 radical (unpaired) electrons. The Kier molecular flexibility index (Phi) is 6.24. The second-order valence-corrected chi connectivity index (χ2v) is 8.68. The Morgan fingerprint density at radius 3 is 2.73 bits per heavy atom. The van der Waals surface area contributed by atoms with Crippen molar-refractivity contribution < 1.29 is 9.21 Å². The highest BCUT2D eigenvalue weighted by molar-refractivity contribution is 9.10. The minimum atomic E-state index is -0.208. The van der Waals surface area contributed by atoms with Crippen LogP contribution in [-0.2, 0) is 11.3 Å². The van der Waals surface area contributed by atoms with Gasteiger partial charge in [0.25, 0.3) is 5.56 Å². The molecule has 4 aromatic rings. The summed E-state index contributed by atoms with van der Waals surface area (Å²) in [6.45, 7) is 2.60. The van der Waals surface area contributed by atoms with Crippen molar-refractivity contribution >= 4 is 61.4 Å². The van der Waals surface area contributed by atoms with Crippen molar-refractivity contribution in [2.24, 2.45) is 0 Å². The molecule has 1 amide bonds. The van der Waals surface area contributed by atoms with Gasteiger partial charge in [-0.3, -0.25) is 14.2 Å². The quantitative estimate of drug-likeness (QED) is 0.278. The van der Waals surface area contributed by atoms with E-state index >= 15 is 0 Å². The van der Waals surface area contributed by atoms with Crippen LogP contribution in [0, 0.1) is 0 Å². The molecule has 0 unspecified atom stereocenters. The number of benzene rings is 2. The third-order valence-corrected chi connectivity index (χ3v) is 6.15. The Morgan fingerprint density at radius 1 is 1.20 bits per heavy atom. The van der Waals surface area contributed by atoms with Gasteiger partial charge in [0.05, 0.1) is 5.75 Å². The van der Waals surface area contributed by atoms with Crippen molar-refractivity contribution in [2.45, 2.75) is 31.5 Å². The average molecular weight is 486 g/mol. The molecule has 30 heavy (non-hydrogen) atoms. The van der Waals surface area contributed by atoms with Crippen LogP contribution < -0.4 is 10.9 Å². The van der Waals surface area contributed by atoms with Gasteiger partial charge in [-0.2, -0.15) is 0 Å². The summed E-state index contributed by atoms with van der Waals surface area (Å²) < 4.78 is 8.35. The number of nitrogens with zero attached hydrogens (tertiary/aromatic N) is 2. The number of amides is 1. The van der Waals surface area contributed by atoms with Gasteiger partial charge in [-0.25, -0.2) is 4.98 Å². The molecule has 0 aliphatic carbocycles. The van der Waals surface area contributed by atoms with Crippen LogP contribution in [0.1, 0.15) is 19.8 Å². The number of carbonyl (C=O) groups excluding carboxylic acids is 1. The Bertz CT molecular complexity index is 1260. The molecule has 2 aromatic carbocycles. The standard InChI is InChI=1S/C22H20BrN3O3S/c1-2-3-12-26-21(28)20-19(16-6-4-5-7-17(16)29-20)25-22(26)30-13-18(27)24-15-10-8-14(23)9-11-15/h4-11H,2-3,12-13H2,1H3,(H,24,27). The number of hydrogen-bond acceptors (Lipinski definition) is 5. The summed E-state index contributed by atoms with van der Waals surface area (Å²) in [7, 11) is 0. The fraction of sp³-hybridized carbons (Fsp3) is 0.227.